The van der Waals surface area contributed by atoms with E-state index in [-0.39, 0.29) is 6.15 Å². The van der Waals surface area contributed by atoms with Gasteiger partial charge in [0.2, 0.25) is 0 Å². The molecule has 7 nitrogen and oxygen atoms in total. The van der Waals surface area contributed by atoms with Crippen LogP contribution in [0.25, 0.3) is 11.2 Å². The number of carbonyl (C=O) groups excluding carboxylic acids is 2. The van der Waals surface area contributed by atoms with E-state index in [1.165, 1.54) is 0 Å². The minimum Gasteiger partial charge on any atom is -0.382 e. The maximum Gasteiger partial charge on any atom is 0.373 e. The van der Waals surface area contributed by atoms with Crippen LogP contribution < -0.4 is 5.73 Å². The summed E-state index contributed by atoms with van der Waals surface area (Å²) in [6, 6.07) is 0. The summed E-state index contributed by atoms with van der Waals surface area (Å²) in [6.07, 6.45) is 3.67. The van der Waals surface area contributed by atoms with Gasteiger partial charge in [0.25, 0.3) is 0 Å². The van der Waals surface area contributed by atoms with Crippen molar-refractivity contribution in [1.82, 2.24) is 19.9 Å². The number of anilines is 1. The van der Waals surface area contributed by atoms with Crippen molar-refractivity contribution >= 4 is 23.1 Å². The van der Waals surface area contributed by atoms with Gasteiger partial charge in [0.05, 0.1) is 6.33 Å². The summed E-state index contributed by atoms with van der Waals surface area (Å²) in [5.41, 5.74) is 7.08. The van der Waals surface area contributed by atoms with E-state index in [0.29, 0.717) is 11.5 Å². The van der Waals surface area contributed by atoms with E-state index in [9.17, 15) is 0 Å². The SMILES string of the molecule is CCCc1nc(N)c2[nH]cnc2n1.O=C=O. The van der Waals surface area contributed by atoms with Gasteiger partial charge in [0.15, 0.2) is 11.5 Å². The van der Waals surface area contributed by atoms with E-state index in [2.05, 4.69) is 26.9 Å². The highest BCUT2D eigenvalue weighted by Crippen LogP contribution is 2.13. The summed E-state index contributed by atoms with van der Waals surface area (Å²) >= 11 is 0. The van der Waals surface area contributed by atoms with E-state index in [1.54, 1.807) is 6.33 Å². The second-order valence-corrected chi connectivity index (χ2v) is 2.96. The molecule has 0 aliphatic rings. The number of hydrogen-bond acceptors (Lipinski definition) is 6. The van der Waals surface area contributed by atoms with Gasteiger partial charge in [-0.05, 0) is 6.42 Å². The number of aryl methyl sites for hydroxylation is 1. The molecule has 7 heteroatoms. The number of fused-ring (bicyclic) bond motifs is 1. The molecule has 3 N–H and O–H groups in total. The molecular formula is C9H11N5O2. The third kappa shape index (κ3) is 2.61. The molecule has 0 unspecified atom stereocenters. The first kappa shape index (κ1) is 11.8. The van der Waals surface area contributed by atoms with Gasteiger partial charge >= 0.3 is 6.15 Å². The van der Waals surface area contributed by atoms with Crippen molar-refractivity contribution in [2.24, 2.45) is 0 Å². The number of H-pyrrole nitrogens is 1. The molecule has 0 aromatic carbocycles. The Balaban J connectivity index is 0.000000386. The lowest BCUT2D eigenvalue weighted by atomic mass is 10.3. The molecule has 0 amide bonds. The van der Waals surface area contributed by atoms with Gasteiger partial charge in [-0.2, -0.15) is 9.59 Å². The zero-order valence-corrected chi connectivity index (χ0v) is 8.73. The van der Waals surface area contributed by atoms with Crippen molar-refractivity contribution in [2.75, 3.05) is 5.73 Å². The predicted molar refractivity (Wildman–Crippen MR) is 55.1 cm³/mol. The van der Waals surface area contributed by atoms with Gasteiger partial charge in [-0.25, -0.2) is 15.0 Å². The van der Waals surface area contributed by atoms with E-state index in [1.807, 2.05) is 0 Å². The van der Waals surface area contributed by atoms with Gasteiger partial charge in [0.1, 0.15) is 11.3 Å². The third-order valence-electron chi connectivity index (χ3n) is 1.83. The van der Waals surface area contributed by atoms with E-state index < -0.39 is 0 Å². The van der Waals surface area contributed by atoms with Crippen LogP contribution in [0.4, 0.5) is 5.82 Å². The van der Waals surface area contributed by atoms with Crippen LogP contribution in [0.3, 0.4) is 0 Å². The summed E-state index contributed by atoms with van der Waals surface area (Å²) in [4.78, 5) is 31.6. The van der Waals surface area contributed by atoms with Crippen LogP contribution in [0.2, 0.25) is 0 Å². The molecule has 0 aliphatic carbocycles. The Hall–Kier alpha value is -2.27. The first-order chi connectivity index (χ1) is 7.72. The average molecular weight is 221 g/mol. The topological polar surface area (TPSA) is 115 Å². The van der Waals surface area contributed by atoms with Crippen LogP contribution in [-0.2, 0) is 16.0 Å². The Morgan fingerprint density at radius 2 is 2.12 bits per heavy atom. The second kappa shape index (κ2) is 5.57. The lowest BCUT2D eigenvalue weighted by Crippen LogP contribution is -2.00. The Labute approximate surface area is 91.1 Å². The molecule has 0 spiro atoms. The highest BCUT2D eigenvalue weighted by molar-refractivity contribution is 5.80. The molecule has 0 saturated carbocycles. The van der Waals surface area contributed by atoms with Crippen molar-refractivity contribution in [3.05, 3.63) is 12.2 Å². The molecule has 0 radical (unpaired) electrons. The van der Waals surface area contributed by atoms with Gasteiger partial charge < -0.3 is 10.7 Å². The molecule has 2 aromatic heterocycles. The van der Waals surface area contributed by atoms with Gasteiger partial charge in [0, 0.05) is 6.42 Å². The number of nitrogens with two attached hydrogens (primary N) is 1. The summed E-state index contributed by atoms with van der Waals surface area (Å²) in [5.74, 6) is 1.24. The lowest BCUT2D eigenvalue weighted by Gasteiger charge is -1.98. The largest absolute Gasteiger partial charge is 0.382 e. The molecule has 2 aromatic rings. The van der Waals surface area contributed by atoms with Crippen LogP contribution in [0.5, 0.6) is 0 Å². The van der Waals surface area contributed by atoms with Crippen molar-refractivity contribution < 1.29 is 9.59 Å². The normalized spacial score (nSPS) is 9.31. The Bertz CT molecular complexity index is 502. The van der Waals surface area contributed by atoms with Crippen LogP contribution in [0.1, 0.15) is 19.2 Å². The van der Waals surface area contributed by atoms with E-state index in [0.717, 1.165) is 24.2 Å². The van der Waals surface area contributed by atoms with Gasteiger partial charge in [-0.15, -0.1) is 0 Å². The summed E-state index contributed by atoms with van der Waals surface area (Å²) in [6.45, 7) is 2.08. The third-order valence-corrected chi connectivity index (χ3v) is 1.83. The van der Waals surface area contributed by atoms with Crippen LogP contribution in [0, 0.1) is 0 Å². The molecule has 0 aliphatic heterocycles. The maximum absolute atomic E-state index is 8.12. The number of aromatic nitrogens is 4. The minimum atomic E-state index is 0.250. The fraction of sp³-hybridized carbons (Fsp3) is 0.333. The molecule has 0 saturated heterocycles. The molecular weight excluding hydrogens is 210 g/mol. The fourth-order valence-corrected chi connectivity index (χ4v) is 1.24. The van der Waals surface area contributed by atoms with Crippen LogP contribution >= 0.6 is 0 Å². The minimum absolute atomic E-state index is 0.250. The van der Waals surface area contributed by atoms with Crippen molar-refractivity contribution in [2.45, 2.75) is 19.8 Å². The van der Waals surface area contributed by atoms with Crippen LogP contribution in [0.15, 0.2) is 6.33 Å². The number of nitrogen functional groups attached to an aromatic ring is 1. The summed E-state index contributed by atoms with van der Waals surface area (Å²) in [7, 11) is 0. The molecule has 2 heterocycles. The monoisotopic (exact) mass is 221 g/mol. The first-order valence-electron chi connectivity index (χ1n) is 4.67. The number of imidazole rings is 1. The fourth-order valence-electron chi connectivity index (χ4n) is 1.24. The quantitative estimate of drug-likeness (QED) is 0.753. The number of rotatable bonds is 2. The van der Waals surface area contributed by atoms with Crippen LogP contribution in [-0.4, -0.2) is 26.1 Å². The molecule has 84 valence electrons. The van der Waals surface area contributed by atoms with Crippen molar-refractivity contribution in [1.29, 1.82) is 0 Å². The summed E-state index contributed by atoms with van der Waals surface area (Å²) in [5, 5.41) is 0. The summed E-state index contributed by atoms with van der Waals surface area (Å²) < 4.78 is 0. The number of hydrogen-bond donors (Lipinski definition) is 2. The molecule has 2 rings (SSSR count). The maximum atomic E-state index is 8.12. The Kier molecular flexibility index (Phi) is 4.11. The first-order valence-corrected chi connectivity index (χ1v) is 4.67. The zero-order chi connectivity index (χ0) is 12.0. The van der Waals surface area contributed by atoms with Crippen molar-refractivity contribution in [3.8, 4) is 0 Å². The molecule has 0 fully saturated rings. The lowest BCUT2D eigenvalue weighted by molar-refractivity contribution is -0.191. The Morgan fingerprint density at radius 3 is 2.75 bits per heavy atom. The predicted octanol–water partition coefficient (Wildman–Crippen LogP) is 0.304. The second-order valence-electron chi connectivity index (χ2n) is 2.96. The van der Waals surface area contributed by atoms with Crippen molar-refractivity contribution in [3.63, 3.8) is 0 Å². The van der Waals surface area contributed by atoms with E-state index >= 15 is 0 Å². The van der Waals surface area contributed by atoms with E-state index in [4.69, 9.17) is 15.3 Å². The standard InChI is InChI=1S/C8H11N5.CO2/c1-2-3-5-12-7(9)6-8(13-5)11-4-10-6;2-1-3/h4H,2-3H2,1H3,(H3,9,10,11,12,13);. The zero-order valence-electron chi connectivity index (χ0n) is 8.73. The Morgan fingerprint density at radius 1 is 1.44 bits per heavy atom. The molecule has 0 bridgehead atoms. The van der Waals surface area contributed by atoms with Gasteiger partial charge in [-0.3, -0.25) is 0 Å². The smallest absolute Gasteiger partial charge is 0.373 e. The van der Waals surface area contributed by atoms with Gasteiger partial charge in [-0.1, -0.05) is 6.92 Å². The molecule has 0 atom stereocenters. The highest BCUT2D eigenvalue weighted by Gasteiger charge is 2.05. The number of nitrogens with one attached hydrogen (secondary N) is 1. The number of aromatic amines is 1. The molecule has 16 heavy (non-hydrogen) atoms. The average Bonchev–Trinajstić information content (AvgIpc) is 2.68. The number of nitrogens with zero attached hydrogens (tertiary/aromatic N) is 3. The highest BCUT2D eigenvalue weighted by atomic mass is 16.2.